The highest BCUT2D eigenvalue weighted by Gasteiger charge is 2.26. The van der Waals surface area contributed by atoms with Gasteiger partial charge < -0.3 is 15.6 Å². The van der Waals surface area contributed by atoms with Crippen molar-refractivity contribution in [2.75, 3.05) is 12.3 Å². The lowest BCUT2D eigenvalue weighted by Gasteiger charge is -2.33. The molecule has 1 aromatic carbocycles. The topological polar surface area (TPSA) is 62.1 Å². The van der Waals surface area contributed by atoms with E-state index >= 15 is 0 Å². The molecule has 0 spiro atoms. The molecule has 0 bridgehead atoms. The minimum absolute atomic E-state index is 0.126. The molecule has 1 heterocycles. The van der Waals surface area contributed by atoms with Crippen LogP contribution in [0.3, 0.4) is 0 Å². The summed E-state index contributed by atoms with van der Waals surface area (Å²) in [5.74, 6) is 0.126. The lowest BCUT2D eigenvalue weighted by Crippen LogP contribution is -2.41. The smallest absolute Gasteiger partial charge is 0.256 e. The van der Waals surface area contributed by atoms with Gasteiger partial charge in [0.15, 0.2) is 0 Å². The number of nitrogens with zero attached hydrogens (tertiary/aromatic N) is 1. The zero-order chi connectivity index (χ0) is 14.8. The Morgan fingerprint density at radius 1 is 1.33 bits per heavy atom. The van der Waals surface area contributed by atoms with Crippen LogP contribution in [0.15, 0.2) is 24.4 Å². The molecule has 4 nitrogen and oxygen atoms in total. The van der Waals surface area contributed by atoms with E-state index in [2.05, 4.69) is 11.9 Å². The second-order valence-corrected chi connectivity index (χ2v) is 5.89. The third kappa shape index (κ3) is 2.62. The normalized spacial score (nSPS) is 16.2. The van der Waals surface area contributed by atoms with E-state index in [1.807, 2.05) is 29.3 Å². The molecule has 1 aliphatic carbocycles. The van der Waals surface area contributed by atoms with Crippen LogP contribution in [0.1, 0.15) is 49.4 Å². The first-order chi connectivity index (χ1) is 10.2. The minimum Gasteiger partial charge on any atom is -0.399 e. The molecule has 1 amide bonds. The zero-order valence-electron chi connectivity index (χ0n) is 12.6. The SMILES string of the molecule is CCN(C(=O)c1c[nH]c2ccc(N)cc12)C1CCCCC1. The second-order valence-electron chi connectivity index (χ2n) is 5.89. The van der Waals surface area contributed by atoms with Crippen LogP contribution in [0, 0.1) is 0 Å². The van der Waals surface area contributed by atoms with Gasteiger partial charge in [-0.05, 0) is 38.0 Å². The van der Waals surface area contributed by atoms with Gasteiger partial charge in [-0.1, -0.05) is 19.3 Å². The summed E-state index contributed by atoms with van der Waals surface area (Å²) in [6, 6.07) is 6.06. The van der Waals surface area contributed by atoms with E-state index < -0.39 is 0 Å². The van der Waals surface area contributed by atoms with Gasteiger partial charge in [-0.3, -0.25) is 4.79 Å². The van der Waals surface area contributed by atoms with Crippen molar-refractivity contribution >= 4 is 22.5 Å². The Kier molecular flexibility index (Phi) is 3.86. The minimum atomic E-state index is 0.126. The van der Waals surface area contributed by atoms with Crippen LogP contribution in [-0.4, -0.2) is 28.4 Å². The lowest BCUT2D eigenvalue weighted by molar-refractivity contribution is 0.0650. The van der Waals surface area contributed by atoms with Crippen LogP contribution >= 0.6 is 0 Å². The van der Waals surface area contributed by atoms with Crippen molar-refractivity contribution < 1.29 is 4.79 Å². The number of aromatic amines is 1. The van der Waals surface area contributed by atoms with Crippen molar-refractivity contribution in [1.29, 1.82) is 0 Å². The van der Waals surface area contributed by atoms with Gasteiger partial charge in [-0.2, -0.15) is 0 Å². The van der Waals surface area contributed by atoms with Crippen LogP contribution in [0.5, 0.6) is 0 Å². The number of rotatable bonds is 3. The van der Waals surface area contributed by atoms with Crippen molar-refractivity contribution in [3.05, 3.63) is 30.0 Å². The summed E-state index contributed by atoms with van der Waals surface area (Å²) in [7, 11) is 0. The molecule has 1 aliphatic rings. The number of aromatic nitrogens is 1. The maximum atomic E-state index is 12.9. The molecule has 2 aromatic rings. The van der Waals surface area contributed by atoms with Crippen molar-refractivity contribution in [3.63, 3.8) is 0 Å². The molecular weight excluding hydrogens is 262 g/mol. The second kappa shape index (κ2) is 5.80. The Morgan fingerprint density at radius 2 is 2.10 bits per heavy atom. The molecule has 3 N–H and O–H groups in total. The molecule has 0 radical (unpaired) electrons. The molecular formula is C17H23N3O. The number of amides is 1. The highest BCUT2D eigenvalue weighted by Crippen LogP contribution is 2.27. The molecule has 0 unspecified atom stereocenters. The average Bonchev–Trinajstić information content (AvgIpc) is 2.92. The summed E-state index contributed by atoms with van der Waals surface area (Å²) in [4.78, 5) is 18.1. The van der Waals surface area contributed by atoms with Crippen LogP contribution in [-0.2, 0) is 0 Å². The molecule has 1 aromatic heterocycles. The summed E-state index contributed by atoms with van der Waals surface area (Å²) in [6.07, 6.45) is 7.84. The highest BCUT2D eigenvalue weighted by molar-refractivity contribution is 6.07. The first kappa shape index (κ1) is 14.0. The Morgan fingerprint density at radius 3 is 2.81 bits per heavy atom. The van der Waals surface area contributed by atoms with Gasteiger partial charge >= 0.3 is 0 Å². The number of hydrogen-bond donors (Lipinski definition) is 2. The van der Waals surface area contributed by atoms with Crippen molar-refractivity contribution in [3.8, 4) is 0 Å². The summed E-state index contributed by atoms with van der Waals surface area (Å²) in [5.41, 5.74) is 8.26. The van der Waals surface area contributed by atoms with Gasteiger partial charge in [0.1, 0.15) is 0 Å². The van der Waals surface area contributed by atoms with Crippen molar-refractivity contribution in [2.24, 2.45) is 0 Å². The molecule has 0 saturated heterocycles. The van der Waals surface area contributed by atoms with Gasteiger partial charge in [0.25, 0.3) is 5.91 Å². The van der Waals surface area contributed by atoms with Crippen LogP contribution in [0.2, 0.25) is 0 Å². The summed E-state index contributed by atoms with van der Waals surface area (Å²) in [6.45, 7) is 2.83. The molecule has 1 saturated carbocycles. The van der Waals surface area contributed by atoms with Crippen LogP contribution < -0.4 is 5.73 Å². The van der Waals surface area contributed by atoms with Crippen molar-refractivity contribution in [2.45, 2.75) is 45.1 Å². The number of nitrogen functional groups attached to an aromatic ring is 1. The largest absolute Gasteiger partial charge is 0.399 e. The van der Waals surface area contributed by atoms with Gasteiger partial charge in [-0.15, -0.1) is 0 Å². The maximum Gasteiger partial charge on any atom is 0.256 e. The highest BCUT2D eigenvalue weighted by atomic mass is 16.2. The number of anilines is 1. The van der Waals surface area contributed by atoms with E-state index in [0.717, 1.165) is 35.9 Å². The van der Waals surface area contributed by atoms with E-state index in [-0.39, 0.29) is 5.91 Å². The number of carbonyl (C=O) groups excluding carboxylic acids is 1. The first-order valence-corrected chi connectivity index (χ1v) is 7.88. The summed E-state index contributed by atoms with van der Waals surface area (Å²) < 4.78 is 0. The Labute approximate surface area is 125 Å². The average molecular weight is 285 g/mol. The summed E-state index contributed by atoms with van der Waals surface area (Å²) >= 11 is 0. The van der Waals surface area contributed by atoms with Gasteiger partial charge in [-0.25, -0.2) is 0 Å². The number of nitrogens with two attached hydrogens (primary N) is 1. The van der Waals surface area contributed by atoms with Crippen LogP contribution in [0.4, 0.5) is 5.69 Å². The number of benzene rings is 1. The number of nitrogens with one attached hydrogen (secondary N) is 1. The van der Waals surface area contributed by atoms with Gasteiger partial charge in [0.2, 0.25) is 0 Å². The Bertz CT molecular complexity index is 641. The monoisotopic (exact) mass is 285 g/mol. The molecule has 4 heteroatoms. The lowest BCUT2D eigenvalue weighted by atomic mass is 9.93. The predicted molar refractivity (Wildman–Crippen MR) is 86.3 cm³/mol. The number of carbonyl (C=O) groups is 1. The standard InChI is InChI=1S/C17H23N3O/c1-2-20(13-6-4-3-5-7-13)17(21)15-11-19-16-9-8-12(18)10-14(15)16/h8-11,13,19H,2-7,18H2,1H3. The first-order valence-electron chi connectivity index (χ1n) is 7.88. The molecule has 0 aliphatic heterocycles. The van der Waals surface area contributed by atoms with Crippen LogP contribution in [0.25, 0.3) is 10.9 Å². The predicted octanol–water partition coefficient (Wildman–Crippen LogP) is 3.54. The van der Waals surface area contributed by atoms with E-state index in [1.54, 1.807) is 0 Å². The Hall–Kier alpha value is -1.97. The molecule has 112 valence electrons. The Balaban J connectivity index is 1.92. The molecule has 21 heavy (non-hydrogen) atoms. The third-order valence-corrected chi connectivity index (χ3v) is 4.55. The van der Waals surface area contributed by atoms with E-state index in [0.29, 0.717) is 11.7 Å². The maximum absolute atomic E-state index is 12.9. The number of hydrogen-bond acceptors (Lipinski definition) is 2. The quantitative estimate of drug-likeness (QED) is 0.847. The van der Waals surface area contributed by atoms with Gasteiger partial charge in [0.05, 0.1) is 5.56 Å². The molecule has 0 atom stereocenters. The number of fused-ring (bicyclic) bond motifs is 1. The van der Waals surface area contributed by atoms with E-state index in [4.69, 9.17) is 5.73 Å². The molecule has 1 fully saturated rings. The van der Waals surface area contributed by atoms with Gasteiger partial charge in [0, 0.05) is 35.4 Å². The van der Waals surface area contributed by atoms with Crippen molar-refractivity contribution in [1.82, 2.24) is 9.88 Å². The van der Waals surface area contributed by atoms with E-state index in [1.165, 1.54) is 19.3 Å². The number of H-pyrrole nitrogens is 1. The fourth-order valence-corrected chi connectivity index (χ4v) is 3.43. The fraction of sp³-hybridized carbons (Fsp3) is 0.471. The third-order valence-electron chi connectivity index (χ3n) is 4.55. The molecule has 3 rings (SSSR count). The zero-order valence-corrected chi connectivity index (χ0v) is 12.6. The van der Waals surface area contributed by atoms with E-state index in [9.17, 15) is 4.79 Å². The fourth-order valence-electron chi connectivity index (χ4n) is 3.43. The summed E-state index contributed by atoms with van der Waals surface area (Å²) in [5, 5.41) is 0.925.